The fourth-order valence-corrected chi connectivity index (χ4v) is 9.42. The van der Waals surface area contributed by atoms with Crippen molar-refractivity contribution in [3.63, 3.8) is 0 Å². The molecule has 0 radical (unpaired) electrons. The van der Waals surface area contributed by atoms with Gasteiger partial charge in [-0.05, 0) is 0 Å². The van der Waals surface area contributed by atoms with E-state index in [0.29, 0.717) is 0 Å². The van der Waals surface area contributed by atoms with E-state index in [4.69, 9.17) is 3.32 Å². The van der Waals surface area contributed by atoms with Crippen LogP contribution in [-0.4, -0.2) is 19.7 Å². The molecule has 3 nitrogen and oxygen atoms in total. The summed E-state index contributed by atoms with van der Waals surface area (Å²) < 4.78 is 14.4. The van der Waals surface area contributed by atoms with Crippen molar-refractivity contribution in [2.75, 3.05) is 19.7 Å². The number of unbranched alkanes of at least 4 members (excludes halogenated alkanes) is 31. The molecular formula is C44H94ClN2OTi. The van der Waals surface area contributed by atoms with Crippen LogP contribution in [0.5, 0.6) is 0 Å². The summed E-state index contributed by atoms with van der Waals surface area (Å²) in [6.07, 6.45) is 51.2. The quantitative estimate of drug-likeness (QED) is 0.0481. The molecule has 49 heavy (non-hydrogen) atoms. The Kier molecular flexibility index (Phi) is 49.8. The van der Waals surface area contributed by atoms with Gasteiger partial charge in [-0.25, -0.2) is 0 Å². The van der Waals surface area contributed by atoms with Crippen LogP contribution in [0.1, 0.15) is 259 Å². The molecular weight excluding hydrogens is 656 g/mol. The average Bonchev–Trinajstić information content (AvgIpc) is 3.10. The Morgan fingerprint density at radius 2 is 0.633 bits per heavy atom. The van der Waals surface area contributed by atoms with Crippen molar-refractivity contribution in [2.45, 2.75) is 259 Å². The van der Waals surface area contributed by atoms with Gasteiger partial charge >= 0.3 is 223 Å². The first-order chi connectivity index (χ1) is 23.8. The third kappa shape index (κ3) is 43.2. The number of hydrogen-bond donors (Lipinski definition) is 2. The minimum atomic E-state index is -1.84. The zero-order valence-corrected chi connectivity index (χ0v) is 36.8. The molecule has 1 atom stereocenters. The van der Waals surface area contributed by atoms with Gasteiger partial charge in [0, 0.05) is 0 Å². The monoisotopic (exact) mass is 750 g/mol. The zero-order valence-electron chi connectivity index (χ0n) is 34.5. The third-order valence-electron chi connectivity index (χ3n) is 10.6. The summed E-state index contributed by atoms with van der Waals surface area (Å²) >= 11 is -1.84. The van der Waals surface area contributed by atoms with Gasteiger partial charge in [0.1, 0.15) is 0 Å². The Balaban J connectivity index is 0. The molecule has 0 rings (SSSR count). The average molecular weight is 751 g/mol. The molecule has 0 heterocycles. The first-order valence-electron chi connectivity index (χ1n) is 22.8. The van der Waals surface area contributed by atoms with Crippen molar-refractivity contribution >= 4 is 12.4 Å². The standard InChI is InChI=1S/2C18H38N.C8H17O.ClH.Ti/c2*1-2-3-4-5-6-7-8-9-10-11-12-13-14-15-16-17-18-19;1-3-5-6-8(4-2)7-9;;/h2*19H,2-18H2,1H3;8H,3-7H2,1-2H3;1H;/q3*-1;;+3. The van der Waals surface area contributed by atoms with Crippen LogP contribution in [0, 0.1) is 5.92 Å². The Labute approximate surface area is 324 Å². The Morgan fingerprint density at radius 3 is 0.898 bits per heavy atom. The van der Waals surface area contributed by atoms with Crippen molar-refractivity contribution in [3.05, 3.63) is 0 Å². The van der Waals surface area contributed by atoms with E-state index in [2.05, 4.69) is 35.3 Å². The molecule has 0 amide bonds. The summed E-state index contributed by atoms with van der Waals surface area (Å²) in [5.74, 6) is 0.738. The van der Waals surface area contributed by atoms with Gasteiger partial charge in [-0.3, -0.25) is 0 Å². The van der Waals surface area contributed by atoms with Crippen LogP contribution in [0.3, 0.4) is 0 Å². The summed E-state index contributed by atoms with van der Waals surface area (Å²) in [5, 5.41) is 0. The zero-order chi connectivity index (χ0) is 34.9. The van der Waals surface area contributed by atoms with E-state index in [1.165, 1.54) is 231 Å². The van der Waals surface area contributed by atoms with Gasteiger partial charge in [-0.1, -0.05) is 90.9 Å². The van der Waals surface area contributed by atoms with Gasteiger partial charge in [0.2, 0.25) is 0 Å². The predicted octanol–water partition coefficient (Wildman–Crippen LogP) is 15.7. The maximum absolute atomic E-state index is 6.59. The molecule has 0 aliphatic carbocycles. The number of rotatable bonds is 43. The molecule has 2 N–H and O–H groups in total. The topological polar surface area (TPSA) is 33.3 Å². The molecule has 0 fully saturated rings. The van der Waals surface area contributed by atoms with Gasteiger partial charge in [-0.2, -0.15) is 0 Å². The summed E-state index contributed by atoms with van der Waals surface area (Å²) in [7, 11) is 0. The summed E-state index contributed by atoms with van der Waals surface area (Å²) in [6.45, 7) is 12.5. The Hall–Kier alpha value is 0.884. The van der Waals surface area contributed by atoms with E-state index in [9.17, 15) is 0 Å². The first kappa shape index (κ1) is 52.0. The predicted molar refractivity (Wildman–Crippen MR) is 222 cm³/mol. The molecule has 0 saturated carbocycles. The second-order valence-corrected chi connectivity index (χ2v) is 18.1. The number of hydrogen-bond acceptors (Lipinski definition) is 3. The van der Waals surface area contributed by atoms with Gasteiger partial charge in [-0.15, -0.1) is 12.4 Å². The second-order valence-electron chi connectivity index (χ2n) is 15.5. The molecule has 0 aromatic carbocycles. The van der Waals surface area contributed by atoms with E-state index in [-0.39, 0.29) is 12.4 Å². The van der Waals surface area contributed by atoms with E-state index in [1.807, 2.05) is 0 Å². The largest absolute Gasteiger partial charge is 0.147 e. The Bertz CT molecular complexity index is 531. The SMILES string of the molecule is CCCCCCCCCCCCCCCCCC[NH][Ti]([NH]CCCCCCCCCCCCCCCCCC)[O]CC(CC)CCCC.Cl. The van der Waals surface area contributed by atoms with Crippen molar-refractivity contribution in [1.82, 2.24) is 7.60 Å². The van der Waals surface area contributed by atoms with Crippen LogP contribution in [0.15, 0.2) is 0 Å². The molecule has 0 bridgehead atoms. The van der Waals surface area contributed by atoms with E-state index < -0.39 is 18.8 Å². The first-order valence-corrected chi connectivity index (χ1v) is 25.0. The van der Waals surface area contributed by atoms with E-state index in [1.54, 1.807) is 0 Å². The molecule has 0 spiro atoms. The third-order valence-corrected chi connectivity index (χ3v) is 13.1. The van der Waals surface area contributed by atoms with E-state index in [0.717, 1.165) is 25.6 Å². The summed E-state index contributed by atoms with van der Waals surface area (Å²) in [4.78, 5) is 0. The van der Waals surface area contributed by atoms with Crippen LogP contribution in [0.4, 0.5) is 0 Å². The van der Waals surface area contributed by atoms with Crippen LogP contribution in [0.25, 0.3) is 0 Å². The smallest absolute Gasteiger partial charge is 0.147 e. The van der Waals surface area contributed by atoms with Gasteiger partial charge < -0.3 is 0 Å². The maximum Gasteiger partial charge on any atom is -0.147 e. The van der Waals surface area contributed by atoms with Crippen LogP contribution in [0.2, 0.25) is 0 Å². The van der Waals surface area contributed by atoms with Gasteiger partial charge in [0.15, 0.2) is 0 Å². The molecule has 0 aromatic rings. The van der Waals surface area contributed by atoms with Crippen LogP contribution < -0.4 is 7.60 Å². The maximum atomic E-state index is 6.59. The van der Waals surface area contributed by atoms with Gasteiger partial charge in [0.25, 0.3) is 0 Å². The minimum Gasteiger partial charge on any atom is -0.147 e. The van der Waals surface area contributed by atoms with Crippen molar-refractivity contribution < 1.29 is 22.1 Å². The minimum absolute atomic E-state index is 0. The molecule has 0 aliphatic rings. The van der Waals surface area contributed by atoms with Crippen molar-refractivity contribution in [3.8, 4) is 0 Å². The van der Waals surface area contributed by atoms with Crippen molar-refractivity contribution in [2.24, 2.45) is 5.92 Å². The number of nitrogens with one attached hydrogen (secondary N) is 2. The number of halogens is 1. The molecule has 0 aliphatic heterocycles. The van der Waals surface area contributed by atoms with E-state index >= 15 is 0 Å². The normalized spacial score (nSPS) is 12.0. The molecule has 297 valence electrons. The van der Waals surface area contributed by atoms with Gasteiger partial charge in [0.05, 0.1) is 0 Å². The van der Waals surface area contributed by atoms with Crippen molar-refractivity contribution in [1.29, 1.82) is 0 Å². The summed E-state index contributed by atoms with van der Waals surface area (Å²) in [5.41, 5.74) is 0. The molecule has 1 unspecified atom stereocenters. The fraction of sp³-hybridized carbons (Fsp3) is 1.00. The van der Waals surface area contributed by atoms with Crippen LogP contribution >= 0.6 is 12.4 Å². The molecule has 0 aromatic heterocycles. The van der Waals surface area contributed by atoms with Crippen LogP contribution in [-0.2, 0) is 22.1 Å². The molecule has 0 saturated heterocycles. The second kappa shape index (κ2) is 46.9. The summed E-state index contributed by atoms with van der Waals surface area (Å²) in [6, 6.07) is 0. The molecule has 5 heteroatoms. The Morgan fingerprint density at radius 1 is 0.367 bits per heavy atom. The fourth-order valence-electron chi connectivity index (χ4n) is 7.01.